The van der Waals surface area contributed by atoms with Crippen LogP contribution in [0.1, 0.15) is 50.2 Å². The van der Waals surface area contributed by atoms with Crippen LogP contribution in [0.3, 0.4) is 0 Å². The van der Waals surface area contributed by atoms with E-state index in [2.05, 4.69) is 21.7 Å². The Morgan fingerprint density at radius 1 is 1.31 bits per heavy atom. The van der Waals surface area contributed by atoms with Crippen molar-refractivity contribution in [2.24, 2.45) is 0 Å². The van der Waals surface area contributed by atoms with Gasteiger partial charge in [0.25, 0.3) is 0 Å². The molecular weight excluding hydrogens is 202 g/mol. The molecule has 1 aromatic heterocycles. The van der Waals surface area contributed by atoms with Crippen molar-refractivity contribution >= 4 is 0 Å². The largest absolute Gasteiger partial charge is 0.378 e. The molecule has 0 N–H and O–H groups in total. The van der Waals surface area contributed by atoms with Gasteiger partial charge >= 0.3 is 0 Å². The van der Waals surface area contributed by atoms with Crippen LogP contribution in [0.4, 0.5) is 0 Å². The fraction of sp³-hybridized carbons (Fsp3) is 0.833. The summed E-state index contributed by atoms with van der Waals surface area (Å²) >= 11 is 0. The van der Waals surface area contributed by atoms with Crippen molar-refractivity contribution < 1.29 is 4.74 Å². The van der Waals surface area contributed by atoms with Crippen LogP contribution in [-0.4, -0.2) is 27.5 Å². The van der Waals surface area contributed by atoms with Gasteiger partial charge in [-0.15, -0.1) is 10.2 Å². The first-order valence-corrected chi connectivity index (χ1v) is 6.38. The Morgan fingerprint density at radius 3 is 3.06 bits per heavy atom. The van der Waals surface area contributed by atoms with Crippen molar-refractivity contribution in [1.29, 1.82) is 0 Å². The molecule has 0 amide bonds. The van der Waals surface area contributed by atoms with E-state index in [1.165, 1.54) is 31.5 Å². The zero-order valence-electron chi connectivity index (χ0n) is 9.85. The van der Waals surface area contributed by atoms with E-state index in [1.807, 2.05) is 0 Å². The normalized spacial score (nSPS) is 29.3. The Bertz CT molecular complexity index is 368. The highest BCUT2D eigenvalue weighted by atomic mass is 16.5. The molecule has 1 saturated heterocycles. The number of ether oxygens (including phenoxy) is 1. The van der Waals surface area contributed by atoms with Crippen molar-refractivity contribution in [3.8, 4) is 0 Å². The third kappa shape index (κ3) is 1.75. The molecular formula is C12H19N3O. The van der Waals surface area contributed by atoms with Gasteiger partial charge in [0.15, 0.2) is 0 Å². The Labute approximate surface area is 96.0 Å². The van der Waals surface area contributed by atoms with Gasteiger partial charge < -0.3 is 9.30 Å². The number of hydrogen-bond acceptors (Lipinski definition) is 3. The van der Waals surface area contributed by atoms with E-state index in [4.69, 9.17) is 4.74 Å². The predicted molar refractivity (Wildman–Crippen MR) is 60.3 cm³/mol. The molecule has 0 aliphatic carbocycles. The van der Waals surface area contributed by atoms with Crippen LogP contribution in [0.2, 0.25) is 0 Å². The minimum atomic E-state index is 0.380. The van der Waals surface area contributed by atoms with Crippen LogP contribution in [0.25, 0.3) is 0 Å². The number of nitrogens with zero attached hydrogens (tertiary/aromatic N) is 3. The molecule has 2 aliphatic rings. The van der Waals surface area contributed by atoms with Crippen LogP contribution in [-0.2, 0) is 17.7 Å². The van der Waals surface area contributed by atoms with E-state index in [1.54, 1.807) is 0 Å². The zero-order chi connectivity index (χ0) is 11.0. The average molecular weight is 221 g/mol. The predicted octanol–water partition coefficient (Wildman–Crippen LogP) is 1.90. The van der Waals surface area contributed by atoms with Gasteiger partial charge in [0.2, 0.25) is 0 Å². The minimum absolute atomic E-state index is 0.380. The Balaban J connectivity index is 1.79. The van der Waals surface area contributed by atoms with Gasteiger partial charge in [0.1, 0.15) is 11.6 Å². The topological polar surface area (TPSA) is 39.9 Å². The summed E-state index contributed by atoms with van der Waals surface area (Å²) in [6.45, 7) is 4.26. The summed E-state index contributed by atoms with van der Waals surface area (Å²) in [5.41, 5.74) is 0. The highest BCUT2D eigenvalue weighted by Gasteiger charge is 2.24. The lowest BCUT2D eigenvalue weighted by Gasteiger charge is -2.20. The van der Waals surface area contributed by atoms with E-state index in [0.717, 1.165) is 25.4 Å². The van der Waals surface area contributed by atoms with Crippen LogP contribution >= 0.6 is 0 Å². The van der Waals surface area contributed by atoms with Crippen molar-refractivity contribution in [2.45, 2.75) is 57.6 Å². The fourth-order valence-electron chi connectivity index (χ4n) is 2.80. The molecule has 2 aliphatic heterocycles. The first kappa shape index (κ1) is 10.3. The van der Waals surface area contributed by atoms with E-state index < -0.39 is 0 Å². The highest BCUT2D eigenvalue weighted by Crippen LogP contribution is 2.26. The summed E-state index contributed by atoms with van der Waals surface area (Å²) in [5, 5.41) is 8.68. The molecule has 2 unspecified atom stereocenters. The second kappa shape index (κ2) is 4.17. The Hall–Kier alpha value is -0.900. The molecule has 88 valence electrons. The van der Waals surface area contributed by atoms with Crippen molar-refractivity contribution in [3.63, 3.8) is 0 Å². The average Bonchev–Trinajstić information content (AvgIpc) is 2.90. The SMILES string of the molecule is CC1CCCn2c(CC3CCCO3)nnc21. The lowest BCUT2D eigenvalue weighted by molar-refractivity contribution is 0.109. The molecule has 1 fully saturated rings. The summed E-state index contributed by atoms with van der Waals surface area (Å²) in [5.74, 6) is 2.88. The van der Waals surface area contributed by atoms with Crippen LogP contribution in [0.15, 0.2) is 0 Å². The third-order valence-electron chi connectivity index (χ3n) is 3.75. The summed E-state index contributed by atoms with van der Waals surface area (Å²) in [6.07, 6.45) is 6.20. The van der Waals surface area contributed by atoms with Gasteiger partial charge in [-0.1, -0.05) is 6.92 Å². The summed E-state index contributed by atoms with van der Waals surface area (Å²) in [7, 11) is 0. The van der Waals surface area contributed by atoms with E-state index in [9.17, 15) is 0 Å². The number of hydrogen-bond donors (Lipinski definition) is 0. The van der Waals surface area contributed by atoms with Gasteiger partial charge in [-0.3, -0.25) is 0 Å². The molecule has 0 radical (unpaired) electrons. The van der Waals surface area contributed by atoms with Gasteiger partial charge in [-0.05, 0) is 25.7 Å². The second-order valence-electron chi connectivity index (χ2n) is 5.01. The summed E-state index contributed by atoms with van der Waals surface area (Å²) < 4.78 is 7.98. The minimum Gasteiger partial charge on any atom is -0.378 e. The van der Waals surface area contributed by atoms with E-state index in [-0.39, 0.29) is 0 Å². The smallest absolute Gasteiger partial charge is 0.135 e. The summed E-state index contributed by atoms with van der Waals surface area (Å²) in [4.78, 5) is 0. The molecule has 0 spiro atoms. The van der Waals surface area contributed by atoms with E-state index >= 15 is 0 Å². The highest BCUT2D eigenvalue weighted by molar-refractivity contribution is 5.05. The molecule has 0 bridgehead atoms. The van der Waals surface area contributed by atoms with Gasteiger partial charge in [-0.2, -0.15) is 0 Å². The molecule has 3 heterocycles. The fourth-order valence-corrected chi connectivity index (χ4v) is 2.80. The quantitative estimate of drug-likeness (QED) is 0.765. The third-order valence-corrected chi connectivity index (χ3v) is 3.75. The Kier molecular flexibility index (Phi) is 2.67. The molecule has 2 atom stereocenters. The first-order chi connectivity index (χ1) is 7.84. The standard InChI is InChI=1S/C12H19N3O/c1-9-4-2-6-15-11(13-14-12(9)15)8-10-5-3-7-16-10/h9-10H,2-8H2,1H3. The summed E-state index contributed by atoms with van der Waals surface area (Å²) in [6, 6.07) is 0. The lowest BCUT2D eigenvalue weighted by Crippen LogP contribution is -2.19. The monoisotopic (exact) mass is 221 g/mol. The molecule has 4 nitrogen and oxygen atoms in total. The van der Waals surface area contributed by atoms with E-state index in [0.29, 0.717) is 12.0 Å². The first-order valence-electron chi connectivity index (χ1n) is 6.38. The van der Waals surface area contributed by atoms with Crippen molar-refractivity contribution in [1.82, 2.24) is 14.8 Å². The van der Waals surface area contributed by atoms with Gasteiger partial charge in [0.05, 0.1) is 6.10 Å². The molecule has 0 saturated carbocycles. The second-order valence-corrected chi connectivity index (χ2v) is 5.01. The zero-order valence-corrected chi connectivity index (χ0v) is 9.85. The molecule has 4 heteroatoms. The number of rotatable bonds is 2. The molecule has 1 aromatic rings. The van der Waals surface area contributed by atoms with Gasteiger partial charge in [-0.25, -0.2) is 0 Å². The molecule has 3 rings (SSSR count). The van der Waals surface area contributed by atoms with Crippen LogP contribution in [0, 0.1) is 0 Å². The van der Waals surface area contributed by atoms with Crippen molar-refractivity contribution in [3.05, 3.63) is 11.6 Å². The molecule has 16 heavy (non-hydrogen) atoms. The van der Waals surface area contributed by atoms with Crippen LogP contribution < -0.4 is 0 Å². The lowest BCUT2D eigenvalue weighted by atomic mass is 10.0. The maximum Gasteiger partial charge on any atom is 0.135 e. The maximum atomic E-state index is 5.66. The number of fused-ring (bicyclic) bond motifs is 1. The number of aromatic nitrogens is 3. The van der Waals surface area contributed by atoms with Gasteiger partial charge in [0, 0.05) is 25.5 Å². The Morgan fingerprint density at radius 2 is 2.25 bits per heavy atom. The van der Waals surface area contributed by atoms with Crippen LogP contribution in [0.5, 0.6) is 0 Å². The maximum absolute atomic E-state index is 5.66. The van der Waals surface area contributed by atoms with Crippen molar-refractivity contribution in [2.75, 3.05) is 6.61 Å². The molecule has 0 aromatic carbocycles.